The second-order valence-electron chi connectivity index (χ2n) is 5.52. The average molecular weight is 273 g/mol. The summed E-state index contributed by atoms with van der Waals surface area (Å²) in [5, 5.41) is 3.28. The topological polar surface area (TPSA) is 12.0 Å². The molecule has 1 unspecified atom stereocenters. The van der Waals surface area contributed by atoms with Crippen LogP contribution in [-0.2, 0) is 12.6 Å². The fourth-order valence-corrected chi connectivity index (χ4v) is 2.04. The van der Waals surface area contributed by atoms with Crippen molar-refractivity contribution in [1.82, 2.24) is 5.32 Å². The smallest absolute Gasteiger partial charge is 0.316 e. The molecule has 1 N–H and O–H groups in total. The van der Waals surface area contributed by atoms with E-state index in [1.54, 1.807) is 12.1 Å². The Balaban J connectivity index is 2.62. The summed E-state index contributed by atoms with van der Waals surface area (Å²) in [6, 6.07) is 5.83. The Kier molecular flexibility index (Phi) is 5.85. The molecular weight excluding hydrogens is 251 g/mol. The summed E-state index contributed by atoms with van der Waals surface area (Å²) in [6.07, 6.45) is -3.82. The van der Waals surface area contributed by atoms with Crippen molar-refractivity contribution in [2.75, 3.05) is 13.1 Å². The fourth-order valence-electron chi connectivity index (χ4n) is 2.04. The summed E-state index contributed by atoms with van der Waals surface area (Å²) in [5.41, 5.74) is -0.125. The molecule has 0 saturated heterocycles. The summed E-state index contributed by atoms with van der Waals surface area (Å²) >= 11 is 0. The molecule has 0 aromatic heterocycles. The van der Waals surface area contributed by atoms with E-state index in [4.69, 9.17) is 0 Å². The second kappa shape index (κ2) is 6.94. The molecule has 0 aliphatic rings. The van der Waals surface area contributed by atoms with E-state index in [1.165, 1.54) is 6.07 Å². The molecule has 1 nitrogen and oxygen atoms in total. The molecule has 19 heavy (non-hydrogen) atoms. The van der Waals surface area contributed by atoms with Gasteiger partial charge in [0.15, 0.2) is 0 Å². The van der Waals surface area contributed by atoms with Gasteiger partial charge in [-0.2, -0.15) is 13.2 Å². The Hall–Kier alpha value is -1.03. The van der Waals surface area contributed by atoms with Crippen molar-refractivity contribution < 1.29 is 13.2 Å². The number of hydrogen-bond acceptors (Lipinski definition) is 1. The van der Waals surface area contributed by atoms with Crippen LogP contribution in [0.1, 0.15) is 31.9 Å². The minimum absolute atomic E-state index is 0.183. The van der Waals surface area contributed by atoms with E-state index in [9.17, 15) is 13.2 Å². The third-order valence-corrected chi connectivity index (χ3v) is 2.94. The van der Waals surface area contributed by atoms with Crippen molar-refractivity contribution in [3.63, 3.8) is 0 Å². The standard InChI is InChI=1S/C15H22F3N/c1-11(2)9-19-10-12(3)8-13-6-4-5-7-14(13)15(16,17)18/h4-7,11-12,19H,8-10H2,1-3H3. The maximum atomic E-state index is 12.8. The zero-order valence-electron chi connectivity index (χ0n) is 11.7. The van der Waals surface area contributed by atoms with Crippen LogP contribution in [0.2, 0.25) is 0 Å². The van der Waals surface area contributed by atoms with Crippen LogP contribution in [0.15, 0.2) is 24.3 Å². The van der Waals surface area contributed by atoms with E-state index in [1.807, 2.05) is 6.92 Å². The second-order valence-corrected chi connectivity index (χ2v) is 5.52. The molecule has 1 rings (SSSR count). The fraction of sp³-hybridized carbons (Fsp3) is 0.600. The van der Waals surface area contributed by atoms with Crippen molar-refractivity contribution in [2.24, 2.45) is 11.8 Å². The quantitative estimate of drug-likeness (QED) is 0.821. The van der Waals surface area contributed by atoms with Crippen LogP contribution < -0.4 is 5.32 Å². The van der Waals surface area contributed by atoms with E-state index in [-0.39, 0.29) is 5.92 Å². The van der Waals surface area contributed by atoms with Gasteiger partial charge in [0.1, 0.15) is 0 Å². The molecule has 0 amide bonds. The summed E-state index contributed by atoms with van der Waals surface area (Å²) in [6.45, 7) is 7.82. The minimum Gasteiger partial charge on any atom is -0.316 e. The molecule has 1 aromatic rings. The number of alkyl halides is 3. The van der Waals surface area contributed by atoms with Crippen LogP contribution in [0.4, 0.5) is 13.2 Å². The minimum atomic E-state index is -4.26. The first kappa shape index (κ1) is 16.0. The van der Waals surface area contributed by atoms with Crippen molar-refractivity contribution in [2.45, 2.75) is 33.4 Å². The van der Waals surface area contributed by atoms with Crippen LogP contribution >= 0.6 is 0 Å². The average Bonchev–Trinajstić information content (AvgIpc) is 2.27. The molecular formula is C15H22F3N. The third kappa shape index (κ3) is 5.64. The predicted molar refractivity (Wildman–Crippen MR) is 72.0 cm³/mol. The molecule has 0 spiro atoms. The van der Waals surface area contributed by atoms with Crippen molar-refractivity contribution in [3.8, 4) is 0 Å². The molecule has 0 radical (unpaired) electrons. The maximum absolute atomic E-state index is 12.8. The van der Waals surface area contributed by atoms with Gasteiger partial charge < -0.3 is 5.32 Å². The number of benzene rings is 1. The van der Waals surface area contributed by atoms with Gasteiger partial charge in [0, 0.05) is 0 Å². The SMILES string of the molecule is CC(C)CNCC(C)Cc1ccccc1C(F)(F)F. The summed E-state index contributed by atoms with van der Waals surface area (Å²) < 4.78 is 38.5. The van der Waals surface area contributed by atoms with E-state index >= 15 is 0 Å². The molecule has 0 bridgehead atoms. The van der Waals surface area contributed by atoms with Gasteiger partial charge in [-0.25, -0.2) is 0 Å². The van der Waals surface area contributed by atoms with Gasteiger partial charge in [0.25, 0.3) is 0 Å². The summed E-state index contributed by atoms with van der Waals surface area (Å²) in [7, 11) is 0. The number of nitrogens with one attached hydrogen (secondary N) is 1. The highest BCUT2D eigenvalue weighted by atomic mass is 19.4. The van der Waals surface area contributed by atoms with Gasteiger partial charge in [-0.05, 0) is 43.0 Å². The number of hydrogen-bond donors (Lipinski definition) is 1. The number of rotatable bonds is 6. The Bertz CT molecular complexity index is 385. The van der Waals surface area contributed by atoms with Crippen LogP contribution in [0.3, 0.4) is 0 Å². The van der Waals surface area contributed by atoms with E-state index in [0.29, 0.717) is 17.9 Å². The van der Waals surface area contributed by atoms with E-state index < -0.39 is 11.7 Å². The lowest BCUT2D eigenvalue weighted by Gasteiger charge is -2.17. The zero-order valence-corrected chi connectivity index (χ0v) is 11.7. The Morgan fingerprint density at radius 3 is 2.26 bits per heavy atom. The Morgan fingerprint density at radius 1 is 1.05 bits per heavy atom. The summed E-state index contributed by atoms with van der Waals surface area (Å²) in [5.74, 6) is 0.733. The molecule has 0 saturated carbocycles. The molecule has 1 atom stereocenters. The molecule has 0 aliphatic heterocycles. The lowest BCUT2D eigenvalue weighted by atomic mass is 9.96. The molecule has 1 aromatic carbocycles. The van der Waals surface area contributed by atoms with Crippen LogP contribution in [-0.4, -0.2) is 13.1 Å². The first-order valence-corrected chi connectivity index (χ1v) is 6.66. The lowest BCUT2D eigenvalue weighted by Crippen LogP contribution is -2.26. The zero-order chi connectivity index (χ0) is 14.5. The van der Waals surface area contributed by atoms with E-state index in [0.717, 1.165) is 19.2 Å². The first-order valence-electron chi connectivity index (χ1n) is 6.66. The number of halogens is 3. The predicted octanol–water partition coefficient (Wildman–Crippen LogP) is 4.13. The van der Waals surface area contributed by atoms with Crippen molar-refractivity contribution >= 4 is 0 Å². The normalized spacial score (nSPS) is 13.8. The van der Waals surface area contributed by atoms with Gasteiger partial charge in [0.2, 0.25) is 0 Å². The van der Waals surface area contributed by atoms with Crippen LogP contribution in [0.25, 0.3) is 0 Å². The maximum Gasteiger partial charge on any atom is 0.416 e. The molecule has 0 heterocycles. The van der Waals surface area contributed by atoms with Gasteiger partial charge in [-0.3, -0.25) is 0 Å². The first-order chi connectivity index (χ1) is 8.80. The van der Waals surface area contributed by atoms with Gasteiger partial charge in [0.05, 0.1) is 5.56 Å². The molecule has 0 fully saturated rings. The van der Waals surface area contributed by atoms with E-state index in [2.05, 4.69) is 19.2 Å². The Morgan fingerprint density at radius 2 is 1.68 bits per heavy atom. The highest BCUT2D eigenvalue weighted by Gasteiger charge is 2.32. The van der Waals surface area contributed by atoms with Crippen molar-refractivity contribution in [3.05, 3.63) is 35.4 Å². The van der Waals surface area contributed by atoms with Gasteiger partial charge in [-0.1, -0.05) is 39.0 Å². The molecule has 4 heteroatoms. The highest BCUT2D eigenvalue weighted by Crippen LogP contribution is 2.32. The van der Waals surface area contributed by atoms with Gasteiger partial charge in [-0.15, -0.1) is 0 Å². The van der Waals surface area contributed by atoms with Crippen LogP contribution in [0.5, 0.6) is 0 Å². The molecule has 108 valence electrons. The largest absolute Gasteiger partial charge is 0.416 e. The van der Waals surface area contributed by atoms with Crippen LogP contribution in [0, 0.1) is 11.8 Å². The summed E-state index contributed by atoms with van der Waals surface area (Å²) in [4.78, 5) is 0. The van der Waals surface area contributed by atoms with Crippen molar-refractivity contribution in [1.29, 1.82) is 0 Å². The Labute approximate surface area is 113 Å². The lowest BCUT2D eigenvalue weighted by molar-refractivity contribution is -0.138. The van der Waals surface area contributed by atoms with Gasteiger partial charge >= 0.3 is 6.18 Å². The monoisotopic (exact) mass is 273 g/mol. The highest BCUT2D eigenvalue weighted by molar-refractivity contribution is 5.30. The molecule has 0 aliphatic carbocycles. The third-order valence-electron chi connectivity index (χ3n) is 2.94.